The summed E-state index contributed by atoms with van der Waals surface area (Å²) in [7, 11) is 0. The Kier molecular flexibility index (Phi) is 3.08. The number of ether oxygens (including phenoxy) is 2. The third-order valence-corrected chi connectivity index (χ3v) is 6.08. The number of hydroxylamine groups is 2. The van der Waals surface area contributed by atoms with Gasteiger partial charge in [-0.15, -0.1) is 0 Å². The van der Waals surface area contributed by atoms with E-state index in [0.29, 0.717) is 13.0 Å². The van der Waals surface area contributed by atoms with Gasteiger partial charge in [-0.25, -0.2) is 0 Å². The number of benzene rings is 1. The van der Waals surface area contributed by atoms with Gasteiger partial charge < -0.3 is 15.2 Å². The number of epoxide rings is 1. The van der Waals surface area contributed by atoms with Crippen LogP contribution in [-0.2, 0) is 30.4 Å². The number of halogens is 1. The van der Waals surface area contributed by atoms with Gasteiger partial charge in [0.2, 0.25) is 5.60 Å². The maximum Gasteiger partial charge on any atom is 0.326 e. The van der Waals surface area contributed by atoms with Gasteiger partial charge >= 0.3 is 5.97 Å². The first-order valence-corrected chi connectivity index (χ1v) is 8.94. The summed E-state index contributed by atoms with van der Waals surface area (Å²) >= 11 is 2.23. The summed E-state index contributed by atoms with van der Waals surface area (Å²) in [5, 5.41) is 1.56. The van der Waals surface area contributed by atoms with E-state index in [-0.39, 0.29) is 24.3 Å². The van der Waals surface area contributed by atoms with Crippen molar-refractivity contribution in [3.05, 3.63) is 33.4 Å². The Hall–Kier alpha value is -1.23. The van der Waals surface area contributed by atoms with E-state index < -0.39 is 23.5 Å². The van der Waals surface area contributed by atoms with Crippen molar-refractivity contribution >= 4 is 34.5 Å². The normalized spacial score (nSPS) is 42.4. The van der Waals surface area contributed by atoms with Gasteiger partial charge in [0.15, 0.2) is 0 Å². The second-order valence-corrected chi connectivity index (χ2v) is 7.98. The summed E-state index contributed by atoms with van der Waals surface area (Å²) in [5.74, 6) is -1.34. The zero-order valence-corrected chi connectivity index (χ0v) is 14.7. The Labute approximate surface area is 151 Å². The molecule has 3 saturated heterocycles. The van der Waals surface area contributed by atoms with Crippen LogP contribution in [0.2, 0.25) is 0 Å². The van der Waals surface area contributed by atoms with Gasteiger partial charge in [0.25, 0.3) is 5.91 Å². The highest BCUT2D eigenvalue weighted by Crippen LogP contribution is 2.57. The minimum Gasteiger partial charge on any atom is -0.461 e. The highest BCUT2D eigenvalue weighted by molar-refractivity contribution is 14.1. The van der Waals surface area contributed by atoms with E-state index in [9.17, 15) is 9.59 Å². The molecule has 24 heavy (non-hydrogen) atoms. The number of esters is 1. The van der Waals surface area contributed by atoms with Gasteiger partial charge in [0, 0.05) is 9.99 Å². The smallest absolute Gasteiger partial charge is 0.326 e. The summed E-state index contributed by atoms with van der Waals surface area (Å²) in [6.45, 7) is 0.381. The number of carbonyl (C=O) groups excluding carboxylic acids is 2. The number of hydrogen-bond acceptors (Lipinski definition) is 6. The second kappa shape index (κ2) is 4.90. The van der Waals surface area contributed by atoms with Crippen molar-refractivity contribution in [2.24, 2.45) is 11.7 Å². The molecule has 8 heteroatoms. The molecule has 1 aromatic carbocycles. The number of fused-ring (bicyclic) bond motifs is 2. The van der Waals surface area contributed by atoms with Crippen molar-refractivity contribution < 1.29 is 23.9 Å². The van der Waals surface area contributed by atoms with Crippen LogP contribution in [0.1, 0.15) is 12.0 Å². The van der Waals surface area contributed by atoms with Crippen molar-refractivity contribution in [1.29, 1.82) is 0 Å². The SMILES string of the molecule is NC(=O)[C@]12ON(Cc3cccc(I)c3)[C@@H]3C(=O)O[C@H](C[C@H]4O[C@H]41)[C@@H]32. The number of nitrogens with zero attached hydrogens (tertiary/aromatic N) is 1. The van der Waals surface area contributed by atoms with Gasteiger partial charge in [-0.1, -0.05) is 12.1 Å². The average molecular weight is 442 g/mol. The van der Waals surface area contributed by atoms with Crippen molar-refractivity contribution in [3.8, 4) is 0 Å². The van der Waals surface area contributed by atoms with Crippen LogP contribution in [0.3, 0.4) is 0 Å². The average Bonchev–Trinajstić information content (AvgIpc) is 3.10. The van der Waals surface area contributed by atoms with E-state index in [1.54, 1.807) is 5.06 Å². The van der Waals surface area contributed by atoms with Crippen LogP contribution in [-0.4, -0.2) is 46.9 Å². The van der Waals surface area contributed by atoms with Crippen molar-refractivity contribution in [1.82, 2.24) is 5.06 Å². The fraction of sp³-hybridized carbons (Fsp3) is 0.500. The number of primary amides is 1. The van der Waals surface area contributed by atoms with E-state index in [1.807, 2.05) is 24.3 Å². The standard InChI is InChI=1S/C16H15IN2O5/c17-8-3-1-2-7(4-8)6-19-12-11-9(23-14(12)20)5-10-13(22-10)16(11,24-19)15(18)21/h1-4,9-13H,5-6H2,(H2,18,21)/t9-,10-,11+,12+,13-,16-/m1/s1. The first kappa shape index (κ1) is 15.1. The van der Waals surface area contributed by atoms with Crippen LogP contribution >= 0.6 is 22.6 Å². The molecular formula is C16H15IN2O5. The summed E-state index contributed by atoms with van der Waals surface area (Å²) in [6.07, 6.45) is -0.274. The molecule has 6 atom stereocenters. The Balaban J connectivity index is 1.54. The lowest BCUT2D eigenvalue weighted by Gasteiger charge is -2.33. The number of carbonyl (C=O) groups is 2. The zero-order valence-electron chi connectivity index (χ0n) is 12.6. The molecule has 7 nitrogen and oxygen atoms in total. The van der Waals surface area contributed by atoms with E-state index in [2.05, 4.69) is 22.6 Å². The third-order valence-electron chi connectivity index (χ3n) is 5.41. The first-order chi connectivity index (χ1) is 11.5. The molecule has 3 aliphatic heterocycles. The number of amides is 1. The van der Waals surface area contributed by atoms with Crippen LogP contribution in [0.4, 0.5) is 0 Å². The summed E-state index contributed by atoms with van der Waals surface area (Å²) in [6, 6.07) is 7.28. The highest BCUT2D eigenvalue weighted by atomic mass is 127. The molecule has 126 valence electrons. The molecule has 4 aliphatic rings. The van der Waals surface area contributed by atoms with E-state index in [0.717, 1.165) is 9.13 Å². The number of rotatable bonds is 3. The fourth-order valence-electron chi connectivity index (χ4n) is 4.42. The lowest BCUT2D eigenvalue weighted by Crippen LogP contribution is -2.59. The lowest BCUT2D eigenvalue weighted by molar-refractivity contribution is -0.229. The third kappa shape index (κ3) is 1.88. The van der Waals surface area contributed by atoms with Gasteiger partial charge in [0.1, 0.15) is 18.2 Å². The molecule has 0 bridgehead atoms. The van der Waals surface area contributed by atoms with E-state index in [4.69, 9.17) is 20.0 Å². The van der Waals surface area contributed by atoms with Gasteiger partial charge in [-0.3, -0.25) is 14.4 Å². The predicted molar refractivity (Wildman–Crippen MR) is 88.1 cm³/mol. The minimum absolute atomic E-state index is 0.122. The molecule has 4 fully saturated rings. The Morgan fingerprint density at radius 2 is 2.25 bits per heavy atom. The van der Waals surface area contributed by atoms with E-state index >= 15 is 0 Å². The van der Waals surface area contributed by atoms with Crippen molar-refractivity contribution in [3.63, 3.8) is 0 Å². The molecule has 3 heterocycles. The topological polar surface area (TPSA) is 94.4 Å². The summed E-state index contributed by atoms with van der Waals surface area (Å²) in [4.78, 5) is 30.8. The molecule has 0 spiro atoms. The molecule has 1 amide bonds. The molecule has 2 N–H and O–H groups in total. The monoisotopic (exact) mass is 442 g/mol. The maximum absolute atomic E-state index is 12.4. The molecule has 1 saturated carbocycles. The van der Waals surface area contributed by atoms with Crippen LogP contribution in [0.25, 0.3) is 0 Å². The molecule has 0 radical (unpaired) electrons. The second-order valence-electron chi connectivity index (χ2n) is 6.73. The van der Waals surface area contributed by atoms with E-state index in [1.165, 1.54) is 0 Å². The highest BCUT2D eigenvalue weighted by Gasteiger charge is 2.78. The Morgan fingerprint density at radius 1 is 1.42 bits per heavy atom. The molecule has 0 aromatic heterocycles. The van der Waals surface area contributed by atoms with Crippen LogP contribution in [0.5, 0.6) is 0 Å². The largest absolute Gasteiger partial charge is 0.461 e. The molecule has 1 aromatic rings. The van der Waals surface area contributed by atoms with Crippen LogP contribution in [0.15, 0.2) is 24.3 Å². The summed E-state index contributed by atoms with van der Waals surface area (Å²) < 4.78 is 12.2. The number of nitrogens with two attached hydrogens (primary N) is 1. The molecule has 5 rings (SSSR count). The molecule has 1 aliphatic carbocycles. The molecule has 0 unspecified atom stereocenters. The zero-order chi connectivity index (χ0) is 16.6. The lowest BCUT2D eigenvalue weighted by atomic mass is 9.71. The minimum atomic E-state index is -1.30. The van der Waals surface area contributed by atoms with Gasteiger partial charge in [-0.2, -0.15) is 5.06 Å². The molecular weight excluding hydrogens is 427 g/mol. The predicted octanol–water partition coefficient (Wildman–Crippen LogP) is 0.344. The number of hydrogen-bond donors (Lipinski definition) is 1. The van der Waals surface area contributed by atoms with Gasteiger partial charge in [-0.05, 0) is 40.3 Å². The first-order valence-electron chi connectivity index (χ1n) is 7.87. The van der Waals surface area contributed by atoms with Crippen molar-refractivity contribution in [2.75, 3.05) is 0 Å². The van der Waals surface area contributed by atoms with Crippen LogP contribution < -0.4 is 5.73 Å². The quantitative estimate of drug-likeness (QED) is 0.413. The van der Waals surface area contributed by atoms with Crippen LogP contribution in [0, 0.1) is 9.49 Å². The van der Waals surface area contributed by atoms with Gasteiger partial charge in [0.05, 0.1) is 18.6 Å². The Bertz CT molecular complexity index is 758. The fourth-order valence-corrected chi connectivity index (χ4v) is 5.03. The van der Waals surface area contributed by atoms with Crippen molar-refractivity contribution in [2.45, 2.75) is 42.9 Å². The maximum atomic E-state index is 12.4. The summed E-state index contributed by atoms with van der Waals surface area (Å²) in [5.41, 5.74) is 5.39. The Morgan fingerprint density at radius 3 is 3.00 bits per heavy atom.